The maximum Gasteiger partial charge on any atom is 0.416 e. The quantitative estimate of drug-likeness (QED) is 0.0243. The summed E-state index contributed by atoms with van der Waals surface area (Å²) in [5.41, 5.74) is 15.1. The van der Waals surface area contributed by atoms with E-state index in [0.29, 0.717) is 33.8 Å². The van der Waals surface area contributed by atoms with Gasteiger partial charge in [0, 0.05) is 39.8 Å². The number of fused-ring (bicyclic) bond motifs is 1. The summed E-state index contributed by atoms with van der Waals surface area (Å²) in [7, 11) is 0. The SMILES string of the molecule is C.C.CC(C)(C)c1cc(-c2nc3c(Br)cccc3n2-c2ccccc2)c(O)c(C(C)(C)C)c1.CCC[CH2][Sn]([CH2]CCC)([CH2]CCC)[c]1cc(C(F)(F)F)cc(-c2cccc(N(c3ccccc3)c3ccccc3)c2)n1.CCC[CH2][Sn]([CH2]CCC)([CH2]CCC)[c]1cc(C(F)(F)F)cc(-c2cccc(N(c3ccccc3)c3ccccc3)c2)n1.F.FC(F)(F)c1cc(Br)nc(-c2cccc(N(c3ccccc3)c3ccccc3)c2)c1.[2HH]. The monoisotopic (exact) mass is 2360 g/mol. The van der Waals surface area contributed by atoms with Crippen LogP contribution >= 0.6 is 31.9 Å². The van der Waals surface area contributed by atoms with Gasteiger partial charge in [-0.3, -0.25) is 9.27 Å². The molecule has 0 fully saturated rings. The molecule has 12 aromatic carbocycles. The molecule has 0 saturated heterocycles. The zero-order chi connectivity index (χ0) is 104. The van der Waals surface area contributed by atoms with Crippen molar-refractivity contribution < 1.29 is 50.8 Å². The number of pyridine rings is 3. The van der Waals surface area contributed by atoms with Crippen molar-refractivity contribution >= 4 is 138 Å². The standard InChI is InChI=1S/C27H29BrN2O.C24H16BrF3N2.2C24H16F3N2.6C4H9.2CH4.FH.2Sn.H2/c1-26(2,3)17-15-19(24(31)20(16-17)27(4,5)6)25-29-23-21(28)13-10-14-22(23)30(25)18-11-8-7-9-12-18;25-23-16-18(24(26,27)28)15-22(29-23)17-8-7-13-21(14-17)30(19-9-3-1-4-10-19)20-11-5-2-6-12-20;2*25-24(26,27)19-14-15-28-23(17-19)18-8-7-13-22(16-18)29(20-9-3-1-4-10-20)21-11-5-2-6-12-21;6*1-3-4-2;;;;;;/h7-16,31H,1-6H3;1-16H;2*1-14,16-17H;6*1,3-4H2,2H3;2*1H4;1H;;;1H/i;;;;;;;;;;;;;;;1+1. The van der Waals surface area contributed by atoms with E-state index in [9.17, 15) is 44.6 Å². The fourth-order valence-electron chi connectivity index (χ4n) is 18.8. The summed E-state index contributed by atoms with van der Waals surface area (Å²) in [6, 6.07) is 111. The average molecular weight is 2360 g/mol. The summed E-state index contributed by atoms with van der Waals surface area (Å²) in [4.78, 5) is 25.9. The number of para-hydroxylation sites is 8. The van der Waals surface area contributed by atoms with E-state index in [1.807, 2.05) is 284 Å². The predicted octanol–water partition coefficient (Wildman–Crippen LogP) is 40.0. The van der Waals surface area contributed by atoms with Gasteiger partial charge in [-0.05, 0) is 127 Å². The van der Waals surface area contributed by atoms with Crippen molar-refractivity contribution in [2.24, 2.45) is 0 Å². The minimum atomic E-state index is -4.45. The molecule has 0 radical (unpaired) electrons. The third-order valence-corrected chi connectivity index (χ3v) is 57.7. The number of aromatic nitrogens is 5. The topological polar surface area (TPSA) is 86.4 Å². The molecule has 0 bridgehead atoms. The van der Waals surface area contributed by atoms with Gasteiger partial charge < -0.3 is 10.0 Å². The van der Waals surface area contributed by atoms with Crippen LogP contribution in [0, 0.1) is 0 Å². The molecule has 9 nitrogen and oxygen atoms in total. The van der Waals surface area contributed by atoms with Crippen molar-refractivity contribution in [3.05, 3.63) is 389 Å². The minimum absolute atomic E-state index is 0. The number of rotatable bonds is 34. The van der Waals surface area contributed by atoms with Gasteiger partial charge in [-0.25, -0.2) is 9.97 Å². The Labute approximate surface area is 896 Å². The van der Waals surface area contributed by atoms with Crippen molar-refractivity contribution in [3.63, 3.8) is 0 Å². The summed E-state index contributed by atoms with van der Waals surface area (Å²) in [5, 5.41) is 11.5. The summed E-state index contributed by atoms with van der Waals surface area (Å²) in [6.45, 7) is 26.1. The number of nitrogens with zero attached hydrogens (tertiary/aromatic N) is 8. The zero-order valence-corrected chi connectivity index (χ0v) is 94.2. The van der Waals surface area contributed by atoms with Crippen molar-refractivity contribution in [2.45, 2.75) is 231 Å². The van der Waals surface area contributed by atoms with E-state index in [1.54, 1.807) is 6.07 Å². The number of anilines is 9. The Balaban J connectivity index is 0.000000221. The maximum absolute atomic E-state index is 14.4. The second-order valence-corrected chi connectivity index (χ2v) is 67.1. The van der Waals surface area contributed by atoms with Crippen molar-refractivity contribution in [1.29, 1.82) is 0 Å². The Hall–Kier alpha value is -11.4. The van der Waals surface area contributed by atoms with Gasteiger partial charge >= 0.3 is 516 Å². The Morgan fingerprint density at radius 1 is 0.311 bits per heavy atom. The molecule has 16 rings (SSSR count). The molecule has 0 spiro atoms. The second kappa shape index (κ2) is 54.4. The molecular formula is C125H142Br2F10N8OSn2. The Morgan fingerprint density at radius 3 is 0.885 bits per heavy atom. The first-order valence-electron chi connectivity index (χ1n) is 50.6. The van der Waals surface area contributed by atoms with Crippen LogP contribution in [0.3, 0.4) is 0 Å². The molecule has 148 heavy (non-hydrogen) atoms. The number of benzene rings is 12. The normalized spacial score (nSPS) is 11.7. The van der Waals surface area contributed by atoms with Crippen LogP contribution in [0.15, 0.2) is 361 Å². The van der Waals surface area contributed by atoms with E-state index >= 15 is 0 Å². The van der Waals surface area contributed by atoms with E-state index < -0.39 is 72.0 Å². The predicted molar refractivity (Wildman–Crippen MR) is 616 cm³/mol. The molecule has 0 atom stereocenters. The number of alkyl halides is 9. The summed E-state index contributed by atoms with van der Waals surface area (Å²) in [5.74, 6) is 1.03. The van der Waals surface area contributed by atoms with Gasteiger partial charge in [-0.1, -0.05) is 135 Å². The Bertz CT molecular complexity index is 6470. The zero-order valence-electron chi connectivity index (χ0n) is 85.3. The largest absolute Gasteiger partial charge is 0.416 e. The Morgan fingerprint density at radius 2 is 0.595 bits per heavy atom. The molecule has 23 heteroatoms. The first-order chi connectivity index (χ1) is 69.5. The third-order valence-electron chi connectivity index (χ3n) is 26.5. The summed E-state index contributed by atoms with van der Waals surface area (Å²) < 4.78 is 138. The van der Waals surface area contributed by atoms with Gasteiger partial charge in [0.2, 0.25) is 0 Å². The molecule has 0 saturated carbocycles. The van der Waals surface area contributed by atoms with E-state index in [0.717, 1.165) is 213 Å². The summed E-state index contributed by atoms with van der Waals surface area (Å²) >= 11 is 0.270. The number of phenols is 1. The van der Waals surface area contributed by atoms with Gasteiger partial charge in [-0.2, -0.15) is 13.2 Å². The first-order valence-corrected chi connectivity index (χ1v) is 67.1. The van der Waals surface area contributed by atoms with E-state index in [1.165, 1.54) is 29.8 Å². The maximum atomic E-state index is 14.4. The molecule has 0 amide bonds. The number of imidazole rings is 1. The number of aromatic hydroxyl groups is 1. The first kappa shape index (κ1) is 118. The second-order valence-electron chi connectivity index (χ2n) is 39.3. The van der Waals surface area contributed by atoms with Gasteiger partial charge in [-0.15, -0.1) is 0 Å². The van der Waals surface area contributed by atoms with Crippen LogP contribution in [-0.2, 0) is 29.4 Å². The number of halogens is 12. The van der Waals surface area contributed by atoms with E-state index in [-0.39, 0.29) is 42.1 Å². The van der Waals surface area contributed by atoms with Crippen LogP contribution in [0.25, 0.3) is 61.9 Å². The molecule has 0 aliphatic carbocycles. The van der Waals surface area contributed by atoms with Gasteiger partial charge in [0.15, 0.2) is 0 Å². The van der Waals surface area contributed by atoms with Crippen LogP contribution in [0.5, 0.6) is 5.75 Å². The number of unbranched alkanes of at least 4 members (excludes halogenated alkanes) is 6. The van der Waals surface area contributed by atoms with Crippen LogP contribution in [-0.4, -0.2) is 66.4 Å². The number of hydrogen-bond donors (Lipinski definition) is 1. The smallest absolute Gasteiger partial charge is 0.310 e. The van der Waals surface area contributed by atoms with Crippen molar-refractivity contribution in [1.82, 2.24) is 24.5 Å². The van der Waals surface area contributed by atoms with Crippen LogP contribution < -0.4 is 22.1 Å². The molecule has 16 aromatic rings. The van der Waals surface area contributed by atoms with Crippen molar-refractivity contribution in [2.75, 3.05) is 14.7 Å². The number of phenolic OH excluding ortho intramolecular Hbond substituents is 1. The molecule has 1 N–H and O–H groups in total. The minimum Gasteiger partial charge on any atom is -0.310 e. The molecular weight excluding hydrogens is 2220 g/mol. The fourth-order valence-corrected chi connectivity index (χ4v) is 50.6. The van der Waals surface area contributed by atoms with Gasteiger partial charge in [0.1, 0.15) is 21.7 Å². The summed E-state index contributed by atoms with van der Waals surface area (Å²) in [6.07, 6.45) is -0.584. The van der Waals surface area contributed by atoms with Crippen LogP contribution in [0.2, 0.25) is 26.6 Å². The Kier molecular flexibility index (Phi) is 43.5. The molecule has 0 aliphatic rings. The van der Waals surface area contributed by atoms with Crippen molar-refractivity contribution in [3.8, 4) is 56.6 Å². The molecule has 0 unspecified atom stereocenters. The molecule has 4 aromatic heterocycles. The van der Waals surface area contributed by atoms with Gasteiger partial charge in [0.05, 0.1) is 22.3 Å². The van der Waals surface area contributed by atoms with E-state index in [2.05, 4.69) is 165 Å². The fraction of sp³-hybridized carbons (Fsp3) is 0.296. The van der Waals surface area contributed by atoms with Crippen LogP contribution in [0.4, 0.5) is 95.4 Å². The van der Waals surface area contributed by atoms with Crippen LogP contribution in [0.1, 0.15) is 204 Å². The molecule has 0 aliphatic heterocycles. The molecule has 4 heterocycles. The van der Waals surface area contributed by atoms with E-state index in [4.69, 9.17) is 15.0 Å². The third kappa shape index (κ3) is 30.5. The molecule has 780 valence electrons. The van der Waals surface area contributed by atoms with Gasteiger partial charge in [0.25, 0.3) is 0 Å². The average Bonchev–Trinajstić information content (AvgIpc) is 1.60. The number of hydrogen-bond acceptors (Lipinski definition) is 8.